The third kappa shape index (κ3) is 5.31. The van der Waals surface area contributed by atoms with E-state index in [1.807, 2.05) is 30.3 Å². The first kappa shape index (κ1) is 20.3. The molecular weight excluding hydrogens is 394 g/mol. The maximum atomic E-state index is 12.9. The Kier molecular flexibility index (Phi) is 6.43. The highest BCUT2D eigenvalue weighted by Gasteiger charge is 2.19. The number of carbonyl (C=O) groups is 1. The molecule has 9 heteroatoms. The van der Waals surface area contributed by atoms with Gasteiger partial charge in [-0.2, -0.15) is 0 Å². The molecule has 1 heterocycles. The monoisotopic (exact) mass is 413 g/mol. The average molecular weight is 413 g/mol. The van der Waals surface area contributed by atoms with E-state index in [0.29, 0.717) is 5.56 Å². The molecule has 2 aromatic carbocycles. The van der Waals surface area contributed by atoms with Gasteiger partial charge in [0.05, 0.1) is 23.4 Å². The summed E-state index contributed by atoms with van der Waals surface area (Å²) in [4.78, 5) is 15.5. The Labute approximate surface area is 168 Å². The SMILES string of the molecule is O=C(NCCO)Oc1ccc(NS(=O)(=O)c2ccccc2-c2ccccc2)cn1. The van der Waals surface area contributed by atoms with Gasteiger partial charge in [0.25, 0.3) is 10.0 Å². The summed E-state index contributed by atoms with van der Waals surface area (Å²) >= 11 is 0. The Morgan fingerprint density at radius 3 is 2.41 bits per heavy atom. The fraction of sp³-hybridized carbons (Fsp3) is 0.100. The van der Waals surface area contributed by atoms with Gasteiger partial charge in [0.1, 0.15) is 0 Å². The van der Waals surface area contributed by atoms with Gasteiger partial charge in [-0.05, 0) is 17.7 Å². The molecule has 0 saturated carbocycles. The number of aromatic nitrogens is 1. The Morgan fingerprint density at radius 1 is 1.00 bits per heavy atom. The summed E-state index contributed by atoms with van der Waals surface area (Å²) < 4.78 is 33.2. The number of nitrogens with zero attached hydrogens (tertiary/aromatic N) is 1. The van der Waals surface area contributed by atoms with Crippen LogP contribution in [0.3, 0.4) is 0 Å². The van der Waals surface area contributed by atoms with Crippen molar-refractivity contribution in [3.8, 4) is 17.0 Å². The second kappa shape index (κ2) is 9.18. The zero-order valence-corrected chi connectivity index (χ0v) is 16.1. The summed E-state index contributed by atoms with van der Waals surface area (Å²) in [5, 5.41) is 11.0. The van der Waals surface area contributed by atoms with E-state index in [1.54, 1.807) is 18.2 Å². The van der Waals surface area contributed by atoms with Crippen LogP contribution in [0.1, 0.15) is 0 Å². The molecule has 150 valence electrons. The fourth-order valence-electron chi connectivity index (χ4n) is 2.56. The fourth-order valence-corrected chi connectivity index (χ4v) is 3.83. The van der Waals surface area contributed by atoms with Crippen LogP contribution >= 0.6 is 0 Å². The largest absolute Gasteiger partial charge is 0.414 e. The number of nitrogens with one attached hydrogen (secondary N) is 2. The van der Waals surface area contributed by atoms with E-state index in [-0.39, 0.29) is 29.6 Å². The molecule has 3 aromatic rings. The molecule has 29 heavy (non-hydrogen) atoms. The van der Waals surface area contributed by atoms with E-state index in [2.05, 4.69) is 15.0 Å². The maximum absolute atomic E-state index is 12.9. The number of anilines is 1. The van der Waals surface area contributed by atoms with Crippen LogP contribution in [0.4, 0.5) is 10.5 Å². The number of pyridine rings is 1. The van der Waals surface area contributed by atoms with Gasteiger partial charge in [-0.1, -0.05) is 48.5 Å². The van der Waals surface area contributed by atoms with Gasteiger partial charge in [0.15, 0.2) is 0 Å². The summed E-state index contributed by atoms with van der Waals surface area (Å²) in [5.41, 5.74) is 1.58. The minimum atomic E-state index is -3.88. The first-order valence-corrected chi connectivity index (χ1v) is 10.2. The number of aliphatic hydroxyl groups excluding tert-OH is 1. The van der Waals surface area contributed by atoms with Crippen LogP contribution in [-0.2, 0) is 10.0 Å². The zero-order chi connectivity index (χ0) is 20.7. The number of amides is 1. The standard InChI is InChI=1S/C20H19N3O5S/c24-13-12-21-20(25)28-19-11-10-16(14-22-19)23-29(26,27)18-9-5-4-8-17(18)15-6-2-1-3-7-15/h1-11,14,23-24H,12-13H2,(H,21,25). The Morgan fingerprint density at radius 2 is 1.72 bits per heavy atom. The van der Waals surface area contributed by atoms with Gasteiger partial charge in [0, 0.05) is 18.2 Å². The number of aliphatic hydroxyl groups is 1. The topological polar surface area (TPSA) is 118 Å². The predicted molar refractivity (Wildman–Crippen MR) is 108 cm³/mol. The van der Waals surface area contributed by atoms with E-state index in [4.69, 9.17) is 9.84 Å². The molecule has 0 fully saturated rings. The van der Waals surface area contributed by atoms with Crippen molar-refractivity contribution in [1.29, 1.82) is 0 Å². The van der Waals surface area contributed by atoms with Crippen molar-refractivity contribution in [3.63, 3.8) is 0 Å². The number of sulfonamides is 1. The quantitative estimate of drug-likeness (QED) is 0.548. The zero-order valence-electron chi connectivity index (χ0n) is 15.3. The molecule has 1 aromatic heterocycles. The van der Waals surface area contributed by atoms with Crippen molar-refractivity contribution < 1.29 is 23.1 Å². The number of benzene rings is 2. The van der Waals surface area contributed by atoms with Gasteiger partial charge in [-0.25, -0.2) is 18.2 Å². The van der Waals surface area contributed by atoms with E-state index in [1.165, 1.54) is 24.4 Å². The summed E-state index contributed by atoms with van der Waals surface area (Å²) in [6.07, 6.45) is 0.480. The first-order chi connectivity index (χ1) is 14.0. The molecule has 0 aliphatic rings. The van der Waals surface area contributed by atoms with E-state index >= 15 is 0 Å². The Hall–Kier alpha value is -3.43. The Bertz CT molecular complexity index is 1070. The second-order valence-electron chi connectivity index (χ2n) is 5.89. The molecule has 0 aliphatic heterocycles. The van der Waals surface area contributed by atoms with Crippen molar-refractivity contribution >= 4 is 21.8 Å². The summed E-state index contributed by atoms with van der Waals surface area (Å²) in [7, 11) is -3.88. The highest BCUT2D eigenvalue weighted by molar-refractivity contribution is 7.92. The molecule has 3 N–H and O–H groups in total. The van der Waals surface area contributed by atoms with Crippen LogP contribution < -0.4 is 14.8 Å². The third-order valence-corrected chi connectivity index (χ3v) is 5.27. The molecule has 0 saturated heterocycles. The summed E-state index contributed by atoms with van der Waals surface area (Å²) in [6, 6.07) is 18.7. The predicted octanol–water partition coefficient (Wildman–Crippen LogP) is 2.63. The van der Waals surface area contributed by atoms with E-state index < -0.39 is 16.1 Å². The maximum Gasteiger partial charge on any atom is 0.414 e. The lowest BCUT2D eigenvalue weighted by Crippen LogP contribution is -2.29. The van der Waals surface area contributed by atoms with Crippen LogP contribution in [0.2, 0.25) is 0 Å². The number of hydrogen-bond donors (Lipinski definition) is 3. The highest BCUT2D eigenvalue weighted by Crippen LogP contribution is 2.28. The molecule has 3 rings (SSSR count). The molecule has 8 nitrogen and oxygen atoms in total. The Balaban J connectivity index is 1.78. The van der Waals surface area contributed by atoms with Gasteiger partial charge in [-0.15, -0.1) is 0 Å². The van der Waals surface area contributed by atoms with Crippen molar-refractivity contribution in [2.75, 3.05) is 17.9 Å². The smallest absolute Gasteiger partial charge is 0.395 e. The third-order valence-electron chi connectivity index (χ3n) is 3.83. The lowest BCUT2D eigenvalue weighted by Gasteiger charge is -2.12. The number of ether oxygens (including phenoxy) is 1. The number of rotatable bonds is 7. The average Bonchev–Trinajstić information content (AvgIpc) is 2.74. The number of carbonyl (C=O) groups excluding carboxylic acids is 1. The van der Waals surface area contributed by atoms with Crippen LogP contribution in [0.15, 0.2) is 77.8 Å². The first-order valence-electron chi connectivity index (χ1n) is 8.69. The van der Waals surface area contributed by atoms with Gasteiger partial charge < -0.3 is 15.2 Å². The molecule has 0 atom stereocenters. The van der Waals surface area contributed by atoms with Crippen LogP contribution in [-0.4, -0.2) is 37.8 Å². The molecule has 1 amide bonds. The van der Waals surface area contributed by atoms with Gasteiger partial charge >= 0.3 is 6.09 Å². The minimum Gasteiger partial charge on any atom is -0.395 e. The minimum absolute atomic E-state index is 0.00641. The van der Waals surface area contributed by atoms with Gasteiger partial charge in [-0.3, -0.25) is 4.72 Å². The van der Waals surface area contributed by atoms with Crippen molar-refractivity contribution in [1.82, 2.24) is 10.3 Å². The lowest BCUT2D eigenvalue weighted by molar-refractivity contribution is 0.194. The molecule has 0 unspecified atom stereocenters. The summed E-state index contributed by atoms with van der Waals surface area (Å²) in [5.74, 6) is -0.00641. The van der Waals surface area contributed by atoms with E-state index in [0.717, 1.165) is 5.56 Å². The molecular formula is C20H19N3O5S. The van der Waals surface area contributed by atoms with Crippen molar-refractivity contribution in [2.45, 2.75) is 4.90 Å². The molecule has 0 spiro atoms. The highest BCUT2D eigenvalue weighted by atomic mass is 32.2. The molecule has 0 bridgehead atoms. The van der Waals surface area contributed by atoms with Crippen LogP contribution in [0, 0.1) is 0 Å². The van der Waals surface area contributed by atoms with Crippen molar-refractivity contribution in [3.05, 3.63) is 72.9 Å². The van der Waals surface area contributed by atoms with Gasteiger partial charge in [0.2, 0.25) is 5.88 Å². The molecule has 0 aliphatic carbocycles. The second-order valence-corrected chi connectivity index (χ2v) is 7.54. The van der Waals surface area contributed by atoms with Crippen LogP contribution in [0.5, 0.6) is 5.88 Å². The molecule has 0 radical (unpaired) electrons. The number of hydrogen-bond acceptors (Lipinski definition) is 6. The lowest BCUT2D eigenvalue weighted by atomic mass is 10.1. The summed E-state index contributed by atoms with van der Waals surface area (Å²) in [6.45, 7) is -0.161. The van der Waals surface area contributed by atoms with Crippen molar-refractivity contribution in [2.24, 2.45) is 0 Å². The van der Waals surface area contributed by atoms with E-state index in [9.17, 15) is 13.2 Å². The normalized spacial score (nSPS) is 10.9. The van der Waals surface area contributed by atoms with Crippen LogP contribution in [0.25, 0.3) is 11.1 Å².